The lowest BCUT2D eigenvalue weighted by atomic mass is 10.2. The van der Waals surface area contributed by atoms with E-state index in [1.807, 2.05) is 6.07 Å². The quantitative estimate of drug-likeness (QED) is 0.739. The van der Waals surface area contributed by atoms with E-state index < -0.39 is 11.9 Å². The van der Waals surface area contributed by atoms with E-state index in [9.17, 15) is 14.4 Å². The van der Waals surface area contributed by atoms with Crippen LogP contribution >= 0.6 is 0 Å². The van der Waals surface area contributed by atoms with Crippen molar-refractivity contribution in [3.05, 3.63) is 72.3 Å². The summed E-state index contributed by atoms with van der Waals surface area (Å²) in [6.07, 6.45) is 1.68. The summed E-state index contributed by atoms with van der Waals surface area (Å²) in [5, 5.41) is 13.7. The largest absolute Gasteiger partial charge is 0.478 e. The highest BCUT2D eigenvalue weighted by Gasteiger charge is 2.05. The van der Waals surface area contributed by atoms with Crippen LogP contribution in [0.4, 0.5) is 11.4 Å². The Morgan fingerprint density at radius 2 is 1.35 bits per heavy atom. The van der Waals surface area contributed by atoms with Gasteiger partial charge in [0.1, 0.15) is 0 Å². The van der Waals surface area contributed by atoms with Gasteiger partial charge in [0.15, 0.2) is 0 Å². The lowest BCUT2D eigenvalue weighted by Crippen LogP contribution is -2.12. The van der Waals surface area contributed by atoms with Gasteiger partial charge in [-0.05, 0) is 36.4 Å². The predicted molar refractivity (Wildman–Crippen MR) is 86.2 cm³/mol. The number of aliphatic carboxylic acids is 1. The van der Waals surface area contributed by atoms with Crippen LogP contribution in [-0.4, -0.2) is 22.9 Å². The van der Waals surface area contributed by atoms with Gasteiger partial charge in [-0.25, -0.2) is 4.79 Å². The first-order valence-electron chi connectivity index (χ1n) is 6.73. The van der Waals surface area contributed by atoms with Crippen LogP contribution in [0.1, 0.15) is 10.4 Å². The second-order valence-corrected chi connectivity index (χ2v) is 4.56. The number of rotatable bonds is 5. The summed E-state index contributed by atoms with van der Waals surface area (Å²) in [5.74, 6) is -1.97. The zero-order valence-corrected chi connectivity index (χ0v) is 12.0. The average molecular weight is 310 g/mol. The van der Waals surface area contributed by atoms with E-state index in [-0.39, 0.29) is 5.91 Å². The zero-order chi connectivity index (χ0) is 16.7. The molecule has 23 heavy (non-hydrogen) atoms. The zero-order valence-electron chi connectivity index (χ0n) is 12.0. The third kappa shape index (κ3) is 5.13. The van der Waals surface area contributed by atoms with E-state index in [1.54, 1.807) is 48.5 Å². The average Bonchev–Trinajstić information content (AvgIpc) is 2.55. The minimum Gasteiger partial charge on any atom is -0.478 e. The van der Waals surface area contributed by atoms with Crippen LogP contribution in [0.5, 0.6) is 0 Å². The standard InChI is InChI=1S/C17H14N2O4/c20-15(10-11-16(21)22)18-13-6-8-14(9-7-13)19-17(23)12-4-2-1-3-5-12/h1-11H,(H,18,20)(H,19,23)(H,21,22)/b11-10+. The number of carbonyl (C=O) groups is 3. The van der Waals surface area contributed by atoms with Crippen molar-refractivity contribution in [1.82, 2.24) is 0 Å². The molecule has 0 aliphatic heterocycles. The summed E-state index contributed by atoms with van der Waals surface area (Å²) in [6, 6.07) is 15.3. The van der Waals surface area contributed by atoms with Crippen LogP contribution in [0.3, 0.4) is 0 Å². The van der Waals surface area contributed by atoms with Crippen molar-refractivity contribution in [1.29, 1.82) is 0 Å². The fraction of sp³-hybridized carbons (Fsp3) is 0. The second-order valence-electron chi connectivity index (χ2n) is 4.56. The molecule has 0 spiro atoms. The van der Waals surface area contributed by atoms with Crippen LogP contribution in [0.15, 0.2) is 66.7 Å². The van der Waals surface area contributed by atoms with Gasteiger partial charge in [-0.15, -0.1) is 0 Å². The van der Waals surface area contributed by atoms with Crippen LogP contribution in [0, 0.1) is 0 Å². The van der Waals surface area contributed by atoms with Gasteiger partial charge in [-0.3, -0.25) is 9.59 Å². The lowest BCUT2D eigenvalue weighted by molar-refractivity contribution is -0.131. The highest BCUT2D eigenvalue weighted by Crippen LogP contribution is 2.14. The topological polar surface area (TPSA) is 95.5 Å². The van der Waals surface area contributed by atoms with Crippen LogP contribution < -0.4 is 10.6 Å². The molecule has 0 bridgehead atoms. The van der Waals surface area contributed by atoms with Crippen molar-refractivity contribution in [3.63, 3.8) is 0 Å². The van der Waals surface area contributed by atoms with Gasteiger partial charge in [-0.2, -0.15) is 0 Å². The molecule has 0 atom stereocenters. The van der Waals surface area contributed by atoms with Crippen LogP contribution in [0.25, 0.3) is 0 Å². The molecular weight excluding hydrogens is 296 g/mol. The Morgan fingerprint density at radius 3 is 1.91 bits per heavy atom. The van der Waals surface area contributed by atoms with Gasteiger partial charge in [-0.1, -0.05) is 18.2 Å². The molecule has 6 nitrogen and oxygen atoms in total. The normalized spacial score (nSPS) is 10.3. The maximum absolute atomic E-state index is 12.0. The maximum Gasteiger partial charge on any atom is 0.328 e. The number of carboxylic acid groups (broad SMARTS) is 1. The minimum absolute atomic E-state index is 0.230. The molecule has 0 aliphatic rings. The number of amides is 2. The number of nitrogens with one attached hydrogen (secondary N) is 2. The lowest BCUT2D eigenvalue weighted by Gasteiger charge is -2.07. The van der Waals surface area contributed by atoms with Gasteiger partial charge in [0.05, 0.1) is 0 Å². The van der Waals surface area contributed by atoms with Crippen molar-refractivity contribution < 1.29 is 19.5 Å². The minimum atomic E-state index is -1.20. The van der Waals surface area contributed by atoms with Crippen molar-refractivity contribution in [2.45, 2.75) is 0 Å². The smallest absolute Gasteiger partial charge is 0.328 e. The molecule has 6 heteroatoms. The molecule has 2 aromatic rings. The molecule has 116 valence electrons. The molecule has 0 radical (unpaired) electrons. The molecular formula is C17H14N2O4. The number of carbonyl (C=O) groups excluding carboxylic acids is 2. The number of carboxylic acids is 1. The molecule has 0 heterocycles. The Hall–Kier alpha value is -3.41. The Kier molecular flexibility index (Phi) is 5.25. The Morgan fingerprint density at radius 1 is 0.783 bits per heavy atom. The van der Waals surface area contributed by atoms with E-state index in [0.717, 1.165) is 12.2 Å². The summed E-state index contributed by atoms with van der Waals surface area (Å²) < 4.78 is 0. The number of hydrogen-bond acceptors (Lipinski definition) is 3. The van der Waals surface area contributed by atoms with Gasteiger partial charge in [0.25, 0.3) is 5.91 Å². The molecule has 2 aromatic carbocycles. The SMILES string of the molecule is O=C(O)/C=C/C(=O)Nc1ccc(NC(=O)c2ccccc2)cc1. The van der Waals surface area contributed by atoms with E-state index in [1.165, 1.54) is 0 Å². The van der Waals surface area contributed by atoms with E-state index >= 15 is 0 Å². The molecule has 0 saturated heterocycles. The second kappa shape index (κ2) is 7.56. The van der Waals surface area contributed by atoms with Crippen molar-refractivity contribution in [2.75, 3.05) is 10.6 Å². The Balaban J connectivity index is 1.96. The number of hydrogen-bond donors (Lipinski definition) is 3. The third-order valence-electron chi connectivity index (χ3n) is 2.82. The first kappa shape index (κ1) is 16.0. The van der Waals surface area contributed by atoms with Gasteiger partial charge >= 0.3 is 5.97 Å². The molecule has 0 aromatic heterocycles. The third-order valence-corrected chi connectivity index (χ3v) is 2.82. The summed E-state index contributed by atoms with van der Waals surface area (Å²) in [6.45, 7) is 0. The molecule has 0 fully saturated rings. The molecule has 2 amide bonds. The Labute approximate surface area is 132 Å². The van der Waals surface area contributed by atoms with Gasteiger partial charge in [0.2, 0.25) is 5.91 Å². The van der Waals surface area contributed by atoms with Crippen LogP contribution in [0.2, 0.25) is 0 Å². The van der Waals surface area contributed by atoms with Gasteiger partial charge < -0.3 is 15.7 Å². The van der Waals surface area contributed by atoms with E-state index in [0.29, 0.717) is 16.9 Å². The monoisotopic (exact) mass is 310 g/mol. The predicted octanol–water partition coefficient (Wildman–Crippen LogP) is 2.52. The van der Waals surface area contributed by atoms with Crippen molar-refractivity contribution >= 4 is 29.2 Å². The van der Waals surface area contributed by atoms with Crippen LogP contribution in [-0.2, 0) is 9.59 Å². The van der Waals surface area contributed by atoms with Crippen molar-refractivity contribution in [2.24, 2.45) is 0 Å². The molecule has 0 unspecified atom stereocenters. The fourth-order valence-electron chi connectivity index (χ4n) is 1.76. The highest BCUT2D eigenvalue weighted by atomic mass is 16.4. The molecule has 2 rings (SSSR count). The molecule has 0 saturated carbocycles. The van der Waals surface area contributed by atoms with E-state index in [4.69, 9.17) is 5.11 Å². The summed E-state index contributed by atoms with van der Waals surface area (Å²) in [5.41, 5.74) is 1.62. The van der Waals surface area contributed by atoms with Crippen molar-refractivity contribution in [3.8, 4) is 0 Å². The molecule has 0 aliphatic carbocycles. The first-order chi connectivity index (χ1) is 11.0. The maximum atomic E-state index is 12.0. The van der Waals surface area contributed by atoms with E-state index in [2.05, 4.69) is 10.6 Å². The Bertz CT molecular complexity index is 737. The number of benzene rings is 2. The fourth-order valence-corrected chi connectivity index (χ4v) is 1.76. The summed E-state index contributed by atoms with van der Waals surface area (Å²) >= 11 is 0. The number of anilines is 2. The summed E-state index contributed by atoms with van der Waals surface area (Å²) in [7, 11) is 0. The summed E-state index contributed by atoms with van der Waals surface area (Å²) in [4.78, 5) is 33.7. The molecule has 3 N–H and O–H groups in total. The van der Waals surface area contributed by atoms with Gasteiger partial charge in [0, 0.05) is 29.1 Å². The highest BCUT2D eigenvalue weighted by molar-refractivity contribution is 6.05. The first-order valence-corrected chi connectivity index (χ1v) is 6.73.